The number of aromatic nitrogens is 4. The Hall–Kier alpha value is -3.09. The van der Waals surface area contributed by atoms with Gasteiger partial charge in [-0.1, -0.05) is 12.2 Å². The highest BCUT2D eigenvalue weighted by Crippen LogP contribution is 2.21. The quantitative estimate of drug-likeness (QED) is 0.719. The second-order valence-corrected chi connectivity index (χ2v) is 6.77. The summed E-state index contributed by atoms with van der Waals surface area (Å²) in [6.45, 7) is 1.87. The summed E-state index contributed by atoms with van der Waals surface area (Å²) in [7, 11) is 0. The van der Waals surface area contributed by atoms with Gasteiger partial charge >= 0.3 is 0 Å². The zero-order chi connectivity index (χ0) is 18.8. The Morgan fingerprint density at radius 2 is 2.11 bits per heavy atom. The lowest BCUT2D eigenvalue weighted by Crippen LogP contribution is -2.33. The molecule has 0 fully saturated rings. The molecule has 1 amide bonds. The SMILES string of the molecule is C[C@H](NC(=O)C1CC=CCC1)c1nc2cc(-c3ccc(F)cc3)ncn2n1. The molecule has 1 N–H and O–H groups in total. The van der Waals surface area contributed by atoms with E-state index in [2.05, 4.69) is 32.5 Å². The van der Waals surface area contributed by atoms with Crippen molar-refractivity contribution in [1.82, 2.24) is 24.9 Å². The van der Waals surface area contributed by atoms with Crippen molar-refractivity contribution in [2.24, 2.45) is 5.92 Å². The fraction of sp³-hybridized carbons (Fsp3) is 0.300. The predicted octanol–water partition coefficient (Wildman–Crippen LogP) is 3.46. The minimum Gasteiger partial charge on any atom is -0.346 e. The predicted molar refractivity (Wildman–Crippen MR) is 99.2 cm³/mol. The largest absolute Gasteiger partial charge is 0.346 e. The molecule has 7 heteroatoms. The molecule has 0 saturated heterocycles. The van der Waals surface area contributed by atoms with Crippen LogP contribution in [0.25, 0.3) is 16.9 Å². The second kappa shape index (κ2) is 7.26. The first-order valence-corrected chi connectivity index (χ1v) is 9.04. The van der Waals surface area contributed by atoms with Crippen molar-refractivity contribution in [2.45, 2.75) is 32.2 Å². The summed E-state index contributed by atoms with van der Waals surface area (Å²) in [5, 5.41) is 7.42. The number of allylic oxidation sites excluding steroid dienone is 2. The lowest BCUT2D eigenvalue weighted by molar-refractivity contribution is -0.125. The number of halogens is 1. The van der Waals surface area contributed by atoms with Gasteiger partial charge in [-0.05, 0) is 50.5 Å². The van der Waals surface area contributed by atoms with E-state index in [1.807, 2.05) is 6.92 Å². The molecule has 4 rings (SSSR count). The molecule has 3 aromatic rings. The highest BCUT2D eigenvalue weighted by molar-refractivity contribution is 5.79. The van der Waals surface area contributed by atoms with Crippen molar-refractivity contribution in [3.05, 3.63) is 60.5 Å². The van der Waals surface area contributed by atoms with Crippen LogP contribution in [0.15, 0.2) is 48.8 Å². The van der Waals surface area contributed by atoms with Crippen LogP contribution in [0.5, 0.6) is 0 Å². The van der Waals surface area contributed by atoms with Crippen LogP contribution in [-0.4, -0.2) is 25.5 Å². The molecule has 0 bridgehead atoms. The zero-order valence-electron chi connectivity index (χ0n) is 15.0. The van der Waals surface area contributed by atoms with Gasteiger partial charge in [-0.15, -0.1) is 5.10 Å². The molecule has 0 radical (unpaired) electrons. The van der Waals surface area contributed by atoms with E-state index in [0.29, 0.717) is 17.2 Å². The van der Waals surface area contributed by atoms with Crippen LogP contribution in [0.4, 0.5) is 4.39 Å². The van der Waals surface area contributed by atoms with Gasteiger partial charge in [-0.2, -0.15) is 0 Å². The number of nitrogens with zero attached hydrogens (tertiary/aromatic N) is 4. The lowest BCUT2D eigenvalue weighted by Gasteiger charge is -2.19. The van der Waals surface area contributed by atoms with Gasteiger partial charge in [-0.25, -0.2) is 18.9 Å². The maximum atomic E-state index is 13.1. The number of rotatable bonds is 4. The van der Waals surface area contributed by atoms with E-state index in [1.54, 1.807) is 29.0 Å². The van der Waals surface area contributed by atoms with Crippen molar-refractivity contribution in [3.8, 4) is 11.3 Å². The van der Waals surface area contributed by atoms with Gasteiger partial charge in [0, 0.05) is 17.5 Å². The zero-order valence-corrected chi connectivity index (χ0v) is 15.0. The Morgan fingerprint density at radius 1 is 1.30 bits per heavy atom. The molecule has 138 valence electrons. The number of amides is 1. The standard InChI is InChI=1S/C20H20FN5O/c1-13(23-20(27)15-5-3-2-4-6-15)19-24-18-11-17(22-12-26(18)25-19)14-7-9-16(21)10-8-14/h2-3,7-13,15H,4-6H2,1H3,(H,23,27)/t13-,15?/m0/s1. The summed E-state index contributed by atoms with van der Waals surface area (Å²) in [6.07, 6.45) is 8.34. The van der Waals surface area contributed by atoms with Gasteiger partial charge in [0.05, 0.1) is 11.7 Å². The van der Waals surface area contributed by atoms with Crippen molar-refractivity contribution >= 4 is 11.6 Å². The van der Waals surface area contributed by atoms with Crippen molar-refractivity contribution in [3.63, 3.8) is 0 Å². The molecule has 0 spiro atoms. The summed E-state index contributed by atoms with van der Waals surface area (Å²) < 4.78 is 14.7. The average Bonchev–Trinajstić information content (AvgIpc) is 3.13. The van der Waals surface area contributed by atoms with E-state index in [0.717, 1.165) is 24.8 Å². The van der Waals surface area contributed by atoms with Gasteiger partial charge in [0.15, 0.2) is 11.5 Å². The van der Waals surface area contributed by atoms with E-state index in [1.165, 1.54) is 12.1 Å². The number of carbonyl (C=O) groups excluding carboxylic acids is 1. The third-order valence-electron chi connectivity index (χ3n) is 4.77. The molecule has 6 nitrogen and oxygen atoms in total. The third kappa shape index (κ3) is 3.72. The molecule has 2 atom stereocenters. The number of carbonyl (C=O) groups is 1. The van der Waals surface area contributed by atoms with Crippen LogP contribution < -0.4 is 5.32 Å². The van der Waals surface area contributed by atoms with Crippen molar-refractivity contribution in [2.75, 3.05) is 0 Å². The van der Waals surface area contributed by atoms with Crippen LogP contribution in [0, 0.1) is 11.7 Å². The first kappa shape index (κ1) is 17.3. The number of benzene rings is 1. The van der Waals surface area contributed by atoms with Crippen molar-refractivity contribution < 1.29 is 9.18 Å². The van der Waals surface area contributed by atoms with Crippen LogP contribution in [0.1, 0.15) is 38.1 Å². The fourth-order valence-electron chi connectivity index (χ4n) is 3.20. The second-order valence-electron chi connectivity index (χ2n) is 6.77. The highest BCUT2D eigenvalue weighted by atomic mass is 19.1. The molecule has 1 unspecified atom stereocenters. The first-order chi connectivity index (χ1) is 13.1. The molecule has 2 heterocycles. The average molecular weight is 365 g/mol. The summed E-state index contributed by atoms with van der Waals surface area (Å²) in [5.41, 5.74) is 2.11. The molecule has 1 aromatic carbocycles. The Labute approximate surface area is 156 Å². The van der Waals surface area contributed by atoms with Crippen LogP contribution in [-0.2, 0) is 4.79 Å². The Bertz CT molecular complexity index is 995. The number of hydrogen-bond acceptors (Lipinski definition) is 4. The van der Waals surface area contributed by atoms with Crippen molar-refractivity contribution in [1.29, 1.82) is 0 Å². The Balaban J connectivity index is 1.53. The third-order valence-corrected chi connectivity index (χ3v) is 4.77. The Morgan fingerprint density at radius 3 is 2.85 bits per heavy atom. The number of nitrogens with one attached hydrogen (secondary N) is 1. The van der Waals surface area contributed by atoms with Crippen LogP contribution in [0.2, 0.25) is 0 Å². The summed E-state index contributed by atoms with van der Waals surface area (Å²) in [4.78, 5) is 21.3. The summed E-state index contributed by atoms with van der Waals surface area (Å²) in [5.74, 6) is 0.299. The van der Waals surface area contributed by atoms with E-state index in [-0.39, 0.29) is 23.7 Å². The van der Waals surface area contributed by atoms with Gasteiger partial charge in [-0.3, -0.25) is 4.79 Å². The maximum Gasteiger partial charge on any atom is 0.224 e. The number of hydrogen-bond donors (Lipinski definition) is 1. The van der Waals surface area contributed by atoms with Gasteiger partial charge < -0.3 is 5.32 Å². The normalized spacial score (nSPS) is 17.8. The van der Waals surface area contributed by atoms with Crippen LogP contribution in [0.3, 0.4) is 0 Å². The van der Waals surface area contributed by atoms with E-state index >= 15 is 0 Å². The fourth-order valence-corrected chi connectivity index (χ4v) is 3.20. The number of fused-ring (bicyclic) bond motifs is 1. The van der Waals surface area contributed by atoms with Crippen LogP contribution >= 0.6 is 0 Å². The summed E-state index contributed by atoms with van der Waals surface area (Å²) >= 11 is 0. The minimum absolute atomic E-state index is 0.0150. The first-order valence-electron chi connectivity index (χ1n) is 9.04. The van der Waals surface area contributed by atoms with Gasteiger partial charge in [0.25, 0.3) is 0 Å². The highest BCUT2D eigenvalue weighted by Gasteiger charge is 2.22. The van der Waals surface area contributed by atoms with E-state index in [4.69, 9.17) is 0 Å². The molecule has 0 saturated carbocycles. The molecule has 1 aliphatic carbocycles. The minimum atomic E-state index is -0.294. The molecule has 27 heavy (non-hydrogen) atoms. The molecule has 0 aliphatic heterocycles. The Kier molecular flexibility index (Phi) is 4.66. The lowest BCUT2D eigenvalue weighted by atomic mass is 9.93. The topological polar surface area (TPSA) is 72.2 Å². The molecular weight excluding hydrogens is 345 g/mol. The molecule has 2 aromatic heterocycles. The van der Waals surface area contributed by atoms with Gasteiger partial charge in [0.2, 0.25) is 5.91 Å². The van der Waals surface area contributed by atoms with E-state index < -0.39 is 0 Å². The summed E-state index contributed by atoms with van der Waals surface area (Å²) in [6, 6.07) is 7.64. The molecule has 1 aliphatic rings. The monoisotopic (exact) mass is 365 g/mol. The smallest absolute Gasteiger partial charge is 0.224 e. The van der Waals surface area contributed by atoms with Gasteiger partial charge in [0.1, 0.15) is 12.1 Å². The van der Waals surface area contributed by atoms with E-state index in [9.17, 15) is 9.18 Å². The maximum absolute atomic E-state index is 13.1. The molecular formula is C20H20FN5O.